The number of thiophene rings is 1. The number of hydrogen-bond donors (Lipinski definition) is 1. The van der Waals surface area contributed by atoms with Crippen LogP contribution in [0.3, 0.4) is 0 Å². The van der Waals surface area contributed by atoms with Crippen molar-refractivity contribution in [2.24, 2.45) is 0 Å². The van der Waals surface area contributed by atoms with Crippen molar-refractivity contribution >= 4 is 17.2 Å². The van der Waals surface area contributed by atoms with Gasteiger partial charge in [-0.1, -0.05) is 25.3 Å². The number of carbonyl (C=O) groups excluding carboxylic acids is 1. The van der Waals surface area contributed by atoms with Crippen LogP contribution in [-0.2, 0) is 11.3 Å². The zero-order valence-corrected chi connectivity index (χ0v) is 13.1. The van der Waals surface area contributed by atoms with Crippen LogP contribution in [0.1, 0.15) is 32.1 Å². The minimum absolute atomic E-state index is 0.0348. The predicted molar refractivity (Wildman–Crippen MR) is 86.8 cm³/mol. The highest BCUT2D eigenvalue weighted by Gasteiger charge is 2.16. The Kier molecular flexibility index (Phi) is 4.68. The molecule has 22 heavy (non-hydrogen) atoms. The molecule has 2 heterocycles. The molecule has 0 radical (unpaired) electrons. The molecule has 3 rings (SSSR count). The van der Waals surface area contributed by atoms with Crippen LogP contribution in [0.25, 0.3) is 10.6 Å². The molecule has 6 heteroatoms. The molecule has 1 aliphatic rings. The van der Waals surface area contributed by atoms with E-state index in [0.29, 0.717) is 5.69 Å². The molecule has 2 aromatic heterocycles. The molecule has 5 nitrogen and oxygen atoms in total. The Morgan fingerprint density at radius 3 is 2.86 bits per heavy atom. The van der Waals surface area contributed by atoms with Crippen LogP contribution in [0.4, 0.5) is 0 Å². The highest BCUT2D eigenvalue weighted by atomic mass is 32.1. The molecule has 0 saturated heterocycles. The number of rotatable bonds is 4. The number of aromatic nitrogens is 2. The summed E-state index contributed by atoms with van der Waals surface area (Å²) in [6.45, 7) is 0.0348. The maximum atomic E-state index is 12.1. The molecule has 0 aromatic carbocycles. The van der Waals surface area contributed by atoms with Crippen LogP contribution in [0, 0.1) is 0 Å². The first kappa shape index (κ1) is 15.0. The molecule has 0 unspecified atom stereocenters. The van der Waals surface area contributed by atoms with E-state index in [-0.39, 0.29) is 24.1 Å². The second kappa shape index (κ2) is 6.87. The molecular formula is C16H19N3O2S. The first-order valence-corrected chi connectivity index (χ1v) is 8.50. The molecule has 1 fully saturated rings. The number of amides is 1. The first-order valence-electron chi connectivity index (χ1n) is 7.62. The highest BCUT2D eigenvalue weighted by Crippen LogP contribution is 2.20. The highest BCUT2D eigenvalue weighted by molar-refractivity contribution is 7.13. The van der Waals surface area contributed by atoms with E-state index in [0.717, 1.165) is 17.7 Å². The maximum Gasteiger partial charge on any atom is 0.254 e. The molecule has 1 N–H and O–H groups in total. The van der Waals surface area contributed by atoms with Crippen LogP contribution in [0.15, 0.2) is 34.7 Å². The molecular weight excluding hydrogens is 298 g/mol. The standard InChI is InChI=1S/C16H19N3O2S/c20-15(18-12-5-2-1-3-6-12)10-19-11-17-13(9-16(19)21)14-7-4-8-22-14/h4,7-9,11-12H,1-3,5-6,10H2,(H,18,20). The Hall–Kier alpha value is -1.95. The smallest absolute Gasteiger partial charge is 0.254 e. The fraction of sp³-hybridized carbons (Fsp3) is 0.438. The van der Waals surface area contributed by atoms with Gasteiger partial charge in [0.2, 0.25) is 5.91 Å². The lowest BCUT2D eigenvalue weighted by Crippen LogP contribution is -2.39. The second-order valence-electron chi connectivity index (χ2n) is 5.62. The summed E-state index contributed by atoms with van der Waals surface area (Å²) in [5, 5.41) is 4.96. The lowest BCUT2D eigenvalue weighted by atomic mass is 9.95. The zero-order chi connectivity index (χ0) is 15.4. The lowest BCUT2D eigenvalue weighted by Gasteiger charge is -2.22. The van der Waals surface area contributed by atoms with Gasteiger partial charge in [-0.25, -0.2) is 4.98 Å². The average molecular weight is 317 g/mol. The van der Waals surface area contributed by atoms with Gasteiger partial charge < -0.3 is 5.32 Å². The van der Waals surface area contributed by atoms with Crippen molar-refractivity contribution in [3.05, 3.63) is 40.3 Å². The van der Waals surface area contributed by atoms with Gasteiger partial charge in [0, 0.05) is 12.1 Å². The third kappa shape index (κ3) is 3.62. The van der Waals surface area contributed by atoms with Gasteiger partial charge in [-0.05, 0) is 24.3 Å². The molecule has 1 amide bonds. The van der Waals surface area contributed by atoms with Crippen molar-refractivity contribution in [1.29, 1.82) is 0 Å². The van der Waals surface area contributed by atoms with Crippen LogP contribution >= 0.6 is 11.3 Å². The predicted octanol–water partition coefficient (Wildman–Crippen LogP) is 2.42. The van der Waals surface area contributed by atoms with Crippen LogP contribution in [-0.4, -0.2) is 21.5 Å². The van der Waals surface area contributed by atoms with E-state index in [1.54, 1.807) is 0 Å². The summed E-state index contributed by atoms with van der Waals surface area (Å²) in [7, 11) is 0. The molecule has 2 aromatic rings. The van der Waals surface area contributed by atoms with Crippen molar-refractivity contribution in [2.45, 2.75) is 44.7 Å². The normalized spacial score (nSPS) is 15.6. The Labute approximate surface area is 133 Å². The van der Waals surface area contributed by atoms with Gasteiger partial charge in [0.1, 0.15) is 6.54 Å². The minimum atomic E-state index is -0.197. The molecule has 0 spiro atoms. The SMILES string of the molecule is O=C(Cn1cnc(-c2cccs2)cc1=O)NC1CCCCC1. The van der Waals surface area contributed by atoms with E-state index < -0.39 is 0 Å². The number of nitrogens with zero attached hydrogens (tertiary/aromatic N) is 2. The Morgan fingerprint density at radius 2 is 2.18 bits per heavy atom. The fourth-order valence-corrected chi connectivity index (χ4v) is 3.47. The number of nitrogens with one attached hydrogen (secondary N) is 1. The summed E-state index contributed by atoms with van der Waals surface area (Å²) in [5.74, 6) is -0.111. The third-order valence-corrected chi connectivity index (χ3v) is 4.83. The first-order chi connectivity index (χ1) is 10.7. The van der Waals surface area contributed by atoms with E-state index in [2.05, 4.69) is 10.3 Å². The molecule has 116 valence electrons. The van der Waals surface area contributed by atoms with Gasteiger partial charge in [0.15, 0.2) is 0 Å². The van der Waals surface area contributed by atoms with Gasteiger partial charge >= 0.3 is 0 Å². The minimum Gasteiger partial charge on any atom is -0.352 e. The van der Waals surface area contributed by atoms with Gasteiger partial charge in [0.25, 0.3) is 5.56 Å². The Bertz CT molecular complexity index is 688. The summed E-state index contributed by atoms with van der Waals surface area (Å²) in [6, 6.07) is 5.59. The third-order valence-electron chi connectivity index (χ3n) is 3.94. The van der Waals surface area contributed by atoms with Crippen molar-refractivity contribution in [1.82, 2.24) is 14.9 Å². The average Bonchev–Trinajstić information content (AvgIpc) is 3.04. The van der Waals surface area contributed by atoms with Gasteiger partial charge in [-0.3, -0.25) is 14.2 Å². The second-order valence-corrected chi connectivity index (χ2v) is 6.57. The summed E-state index contributed by atoms with van der Waals surface area (Å²) >= 11 is 1.54. The summed E-state index contributed by atoms with van der Waals surface area (Å²) in [5.41, 5.74) is 0.459. The van der Waals surface area contributed by atoms with Gasteiger partial charge in [-0.2, -0.15) is 0 Å². The van der Waals surface area contributed by atoms with Gasteiger partial charge in [0.05, 0.1) is 16.9 Å². The van der Waals surface area contributed by atoms with Crippen molar-refractivity contribution < 1.29 is 4.79 Å². The van der Waals surface area contributed by atoms with Crippen molar-refractivity contribution in [3.8, 4) is 10.6 Å². The van der Waals surface area contributed by atoms with E-state index in [1.165, 1.54) is 47.6 Å². The van der Waals surface area contributed by atoms with Crippen LogP contribution in [0.5, 0.6) is 0 Å². The molecule has 1 saturated carbocycles. The van der Waals surface area contributed by atoms with Gasteiger partial charge in [-0.15, -0.1) is 11.3 Å². The Morgan fingerprint density at radius 1 is 1.36 bits per heavy atom. The topological polar surface area (TPSA) is 64.0 Å². The quantitative estimate of drug-likeness (QED) is 0.942. The fourth-order valence-electron chi connectivity index (χ4n) is 2.78. The number of hydrogen-bond acceptors (Lipinski definition) is 4. The lowest BCUT2D eigenvalue weighted by molar-refractivity contribution is -0.122. The largest absolute Gasteiger partial charge is 0.352 e. The molecule has 0 atom stereocenters. The summed E-state index contributed by atoms with van der Waals surface area (Å²) < 4.78 is 1.36. The van der Waals surface area contributed by atoms with Crippen LogP contribution < -0.4 is 10.9 Å². The van der Waals surface area contributed by atoms with Crippen molar-refractivity contribution in [3.63, 3.8) is 0 Å². The van der Waals surface area contributed by atoms with Crippen molar-refractivity contribution in [2.75, 3.05) is 0 Å². The molecule has 0 aliphatic heterocycles. The summed E-state index contributed by atoms with van der Waals surface area (Å²) in [6.07, 6.45) is 7.12. The number of carbonyl (C=O) groups is 1. The molecule has 0 bridgehead atoms. The zero-order valence-electron chi connectivity index (χ0n) is 12.3. The van der Waals surface area contributed by atoms with E-state index in [9.17, 15) is 9.59 Å². The van der Waals surface area contributed by atoms with E-state index >= 15 is 0 Å². The van der Waals surface area contributed by atoms with E-state index in [4.69, 9.17) is 0 Å². The Balaban J connectivity index is 1.65. The summed E-state index contributed by atoms with van der Waals surface area (Å²) in [4.78, 5) is 29.4. The molecule has 1 aliphatic carbocycles. The maximum absolute atomic E-state index is 12.1. The van der Waals surface area contributed by atoms with E-state index in [1.807, 2.05) is 17.5 Å². The monoisotopic (exact) mass is 317 g/mol. The van der Waals surface area contributed by atoms with Crippen LogP contribution in [0.2, 0.25) is 0 Å².